The van der Waals surface area contributed by atoms with Crippen molar-refractivity contribution >= 4 is 24.0 Å². The number of carbonyl (C=O) groups is 1. The maximum Gasteiger partial charge on any atom is 0.172 e. The van der Waals surface area contributed by atoms with Gasteiger partial charge in [-0.1, -0.05) is 13.0 Å². The minimum absolute atomic E-state index is 0.175. The molecule has 1 aromatic heterocycles. The largest absolute Gasteiger partial charge is 0.381 e. The van der Waals surface area contributed by atoms with Gasteiger partial charge in [0.1, 0.15) is 6.29 Å². The normalized spacial score (nSPS) is 17.0. The summed E-state index contributed by atoms with van der Waals surface area (Å²) in [6, 6.07) is 0. The molecule has 5 heteroatoms. The first-order valence-corrected chi connectivity index (χ1v) is 6.74. The number of aldehydes is 1. The second kappa shape index (κ2) is 6.31. The first-order valence-electron chi connectivity index (χ1n) is 6.74. The maximum absolute atomic E-state index is 10.8. The molecule has 19 heavy (non-hydrogen) atoms. The summed E-state index contributed by atoms with van der Waals surface area (Å²) < 4.78 is 0. The van der Waals surface area contributed by atoms with Gasteiger partial charge < -0.3 is 15.4 Å². The smallest absolute Gasteiger partial charge is 0.172 e. The zero-order chi connectivity index (χ0) is 13.7. The van der Waals surface area contributed by atoms with Crippen LogP contribution >= 0.6 is 0 Å². The zero-order valence-corrected chi connectivity index (χ0v) is 11.2. The van der Waals surface area contributed by atoms with Crippen LogP contribution in [0.5, 0.6) is 0 Å². The van der Waals surface area contributed by atoms with Gasteiger partial charge in [0.2, 0.25) is 0 Å². The summed E-state index contributed by atoms with van der Waals surface area (Å²) in [5, 5.41) is 0. The van der Waals surface area contributed by atoms with Gasteiger partial charge in [-0.05, 0) is 25.3 Å². The van der Waals surface area contributed by atoms with Crippen molar-refractivity contribution in [3.05, 3.63) is 18.0 Å². The fraction of sp³-hybridized carbons (Fsp3) is 0.500. The van der Waals surface area contributed by atoms with Gasteiger partial charge in [0.05, 0.1) is 11.9 Å². The summed E-state index contributed by atoms with van der Waals surface area (Å²) >= 11 is 0. The predicted molar refractivity (Wildman–Crippen MR) is 76.8 cm³/mol. The summed E-state index contributed by atoms with van der Waals surface area (Å²) in [7, 11) is 0. The maximum atomic E-state index is 10.8. The first kappa shape index (κ1) is 13.5. The first-order chi connectivity index (χ1) is 9.24. The molecule has 0 bridgehead atoms. The van der Waals surface area contributed by atoms with E-state index >= 15 is 0 Å². The van der Waals surface area contributed by atoms with Crippen molar-refractivity contribution in [2.24, 2.45) is 5.92 Å². The van der Waals surface area contributed by atoms with E-state index in [1.807, 2.05) is 12.2 Å². The number of hydrogen-bond acceptors (Lipinski definition) is 5. The molecule has 1 aromatic rings. The molecule has 0 atom stereocenters. The van der Waals surface area contributed by atoms with Crippen molar-refractivity contribution in [2.45, 2.75) is 26.2 Å². The van der Waals surface area contributed by atoms with Gasteiger partial charge in [-0.15, -0.1) is 0 Å². The summed E-state index contributed by atoms with van der Waals surface area (Å²) in [6.07, 6.45) is 9.41. The van der Waals surface area contributed by atoms with E-state index in [2.05, 4.69) is 21.8 Å². The van der Waals surface area contributed by atoms with E-state index in [1.54, 1.807) is 6.20 Å². The molecule has 0 spiro atoms. The van der Waals surface area contributed by atoms with Crippen molar-refractivity contribution in [3.8, 4) is 0 Å². The fourth-order valence-corrected chi connectivity index (χ4v) is 2.20. The van der Waals surface area contributed by atoms with Crippen molar-refractivity contribution in [2.75, 3.05) is 23.7 Å². The molecule has 0 aromatic carbocycles. The number of piperidine rings is 1. The van der Waals surface area contributed by atoms with Crippen LogP contribution in [0.4, 0.5) is 11.6 Å². The molecule has 1 fully saturated rings. The van der Waals surface area contributed by atoms with Gasteiger partial charge >= 0.3 is 0 Å². The van der Waals surface area contributed by atoms with Crippen LogP contribution in [-0.4, -0.2) is 29.3 Å². The standard InChI is InChI=1S/C14H20N4O/c1-2-3-4-12-9-16-13(15)14(17-12)18-7-5-11(10-19)6-8-18/h3-4,9-11H,2,5-8H2,1H3,(H2,15,16)/b4-3+. The number of carbonyl (C=O) groups excluding carboxylic acids is 1. The van der Waals surface area contributed by atoms with Crippen LogP contribution in [0.2, 0.25) is 0 Å². The second-order valence-electron chi connectivity index (χ2n) is 4.77. The van der Waals surface area contributed by atoms with Gasteiger partial charge in [0.15, 0.2) is 11.6 Å². The SMILES string of the molecule is CC/C=C/c1cnc(N)c(N2CCC(C=O)CC2)n1. The van der Waals surface area contributed by atoms with E-state index in [0.717, 1.165) is 50.1 Å². The molecule has 1 saturated heterocycles. The molecule has 2 rings (SSSR count). The molecule has 0 saturated carbocycles. The molecule has 0 aliphatic carbocycles. The molecule has 2 N–H and O–H groups in total. The Morgan fingerprint density at radius 1 is 1.47 bits per heavy atom. The molecule has 5 nitrogen and oxygen atoms in total. The molecular formula is C14H20N4O. The molecule has 0 amide bonds. The highest BCUT2D eigenvalue weighted by atomic mass is 16.1. The number of hydrogen-bond donors (Lipinski definition) is 1. The Kier molecular flexibility index (Phi) is 4.49. The number of allylic oxidation sites excluding steroid dienone is 1. The van der Waals surface area contributed by atoms with Gasteiger partial charge in [0.25, 0.3) is 0 Å². The number of nitrogen functional groups attached to an aromatic ring is 1. The Hall–Kier alpha value is -1.91. The van der Waals surface area contributed by atoms with Crippen LogP contribution < -0.4 is 10.6 Å². The Labute approximate surface area is 113 Å². The van der Waals surface area contributed by atoms with Crippen LogP contribution in [0.3, 0.4) is 0 Å². The number of nitrogens with zero attached hydrogens (tertiary/aromatic N) is 3. The van der Waals surface area contributed by atoms with Gasteiger partial charge in [-0.2, -0.15) is 0 Å². The van der Waals surface area contributed by atoms with E-state index in [4.69, 9.17) is 5.73 Å². The lowest BCUT2D eigenvalue weighted by atomic mass is 9.99. The van der Waals surface area contributed by atoms with Crippen molar-refractivity contribution < 1.29 is 4.79 Å². The molecule has 2 heterocycles. The Bertz CT molecular complexity index is 465. The summed E-state index contributed by atoms with van der Waals surface area (Å²) in [5.41, 5.74) is 6.73. The third-order valence-corrected chi connectivity index (χ3v) is 3.36. The molecule has 1 aliphatic rings. The Balaban J connectivity index is 2.15. The van der Waals surface area contributed by atoms with Gasteiger partial charge in [-0.25, -0.2) is 9.97 Å². The lowest BCUT2D eigenvalue weighted by molar-refractivity contribution is -0.111. The van der Waals surface area contributed by atoms with Crippen molar-refractivity contribution in [1.29, 1.82) is 0 Å². The highest BCUT2D eigenvalue weighted by Gasteiger charge is 2.21. The lowest BCUT2D eigenvalue weighted by Gasteiger charge is -2.31. The topological polar surface area (TPSA) is 72.1 Å². The van der Waals surface area contributed by atoms with Gasteiger partial charge in [-0.3, -0.25) is 0 Å². The number of aromatic nitrogens is 2. The van der Waals surface area contributed by atoms with E-state index in [1.165, 1.54) is 0 Å². The van der Waals surface area contributed by atoms with Crippen LogP contribution in [0, 0.1) is 5.92 Å². The molecule has 0 unspecified atom stereocenters. The van der Waals surface area contributed by atoms with E-state index < -0.39 is 0 Å². The molecule has 1 aliphatic heterocycles. The molecule has 102 valence electrons. The van der Waals surface area contributed by atoms with Gasteiger partial charge in [0, 0.05) is 19.0 Å². The zero-order valence-electron chi connectivity index (χ0n) is 11.2. The highest BCUT2D eigenvalue weighted by Crippen LogP contribution is 2.24. The van der Waals surface area contributed by atoms with Crippen LogP contribution in [0.25, 0.3) is 6.08 Å². The highest BCUT2D eigenvalue weighted by molar-refractivity contribution is 5.62. The van der Waals surface area contributed by atoms with Crippen molar-refractivity contribution in [3.63, 3.8) is 0 Å². The average Bonchev–Trinajstić information content (AvgIpc) is 2.46. The average molecular weight is 260 g/mol. The minimum Gasteiger partial charge on any atom is -0.381 e. The third-order valence-electron chi connectivity index (χ3n) is 3.36. The predicted octanol–water partition coefficient (Wildman–Crippen LogP) is 1.90. The Morgan fingerprint density at radius 2 is 2.21 bits per heavy atom. The monoisotopic (exact) mass is 260 g/mol. The number of anilines is 2. The molecule has 0 radical (unpaired) electrons. The minimum atomic E-state index is 0.175. The van der Waals surface area contributed by atoms with Crippen LogP contribution in [-0.2, 0) is 4.79 Å². The van der Waals surface area contributed by atoms with Crippen LogP contribution in [0.1, 0.15) is 31.9 Å². The summed E-state index contributed by atoms with van der Waals surface area (Å²) in [5.74, 6) is 1.37. The second-order valence-corrected chi connectivity index (χ2v) is 4.77. The van der Waals surface area contributed by atoms with Crippen LogP contribution in [0.15, 0.2) is 12.3 Å². The molecular weight excluding hydrogens is 240 g/mol. The third kappa shape index (κ3) is 3.30. The number of nitrogens with two attached hydrogens (primary N) is 1. The quantitative estimate of drug-likeness (QED) is 0.837. The van der Waals surface area contributed by atoms with Crippen molar-refractivity contribution in [1.82, 2.24) is 9.97 Å². The summed E-state index contributed by atoms with van der Waals surface area (Å²) in [4.78, 5) is 21.6. The lowest BCUT2D eigenvalue weighted by Crippen LogP contribution is -2.35. The number of rotatable bonds is 4. The van der Waals surface area contributed by atoms with E-state index in [0.29, 0.717) is 5.82 Å². The summed E-state index contributed by atoms with van der Waals surface area (Å²) in [6.45, 7) is 3.69. The fourth-order valence-electron chi connectivity index (χ4n) is 2.20. The Morgan fingerprint density at radius 3 is 2.84 bits per heavy atom. The van der Waals surface area contributed by atoms with E-state index in [9.17, 15) is 4.79 Å². The van der Waals surface area contributed by atoms with E-state index in [-0.39, 0.29) is 5.92 Å².